The number of hydrogen-bond acceptors (Lipinski definition) is 2. The first-order valence-corrected chi connectivity index (χ1v) is 7.67. The van der Waals surface area contributed by atoms with Crippen molar-refractivity contribution in [1.82, 2.24) is 10.2 Å². The van der Waals surface area contributed by atoms with Crippen LogP contribution >= 0.6 is 0 Å². The number of carbonyl (C=O) groups excluding carboxylic acids is 1. The molecule has 0 aliphatic rings. The van der Waals surface area contributed by atoms with Gasteiger partial charge in [-0.15, -0.1) is 0 Å². The van der Waals surface area contributed by atoms with Crippen molar-refractivity contribution in [2.75, 3.05) is 6.54 Å². The lowest BCUT2D eigenvalue weighted by atomic mass is 10.1. The van der Waals surface area contributed by atoms with Gasteiger partial charge in [0.2, 0.25) is 0 Å². The van der Waals surface area contributed by atoms with Crippen molar-refractivity contribution >= 4 is 6.03 Å². The summed E-state index contributed by atoms with van der Waals surface area (Å²) in [5, 5.41) is 13.1. The summed E-state index contributed by atoms with van der Waals surface area (Å²) in [5.74, 6) is 0. The molecule has 21 heavy (non-hydrogen) atoms. The number of benzene rings is 1. The summed E-state index contributed by atoms with van der Waals surface area (Å²) in [7, 11) is 0. The SMILES string of the molecule is CCC(CC)NC(=O)N(Cc1ccccc1)CC(C)(C)O. The average Bonchev–Trinajstić information content (AvgIpc) is 2.43. The molecule has 1 aromatic rings. The van der Waals surface area contributed by atoms with Crippen LogP contribution in [0.15, 0.2) is 30.3 Å². The smallest absolute Gasteiger partial charge is 0.318 e. The van der Waals surface area contributed by atoms with E-state index in [-0.39, 0.29) is 12.1 Å². The minimum absolute atomic E-state index is 0.116. The van der Waals surface area contributed by atoms with Crippen LogP contribution < -0.4 is 5.32 Å². The van der Waals surface area contributed by atoms with E-state index in [2.05, 4.69) is 19.2 Å². The second-order valence-corrected chi connectivity index (χ2v) is 6.12. The molecule has 0 atom stereocenters. The topological polar surface area (TPSA) is 52.6 Å². The molecule has 2 amide bonds. The zero-order chi connectivity index (χ0) is 15.9. The lowest BCUT2D eigenvalue weighted by molar-refractivity contribution is 0.0441. The lowest BCUT2D eigenvalue weighted by Gasteiger charge is -2.30. The molecule has 0 unspecified atom stereocenters. The fraction of sp³-hybridized carbons (Fsp3) is 0.588. The van der Waals surface area contributed by atoms with Crippen molar-refractivity contribution in [2.24, 2.45) is 0 Å². The Balaban J connectivity index is 2.79. The van der Waals surface area contributed by atoms with Gasteiger partial charge in [0.1, 0.15) is 0 Å². The van der Waals surface area contributed by atoms with Crippen LogP contribution in [0.5, 0.6) is 0 Å². The van der Waals surface area contributed by atoms with Gasteiger partial charge in [-0.3, -0.25) is 0 Å². The van der Waals surface area contributed by atoms with E-state index in [0.29, 0.717) is 13.1 Å². The second-order valence-electron chi connectivity index (χ2n) is 6.12. The van der Waals surface area contributed by atoms with Crippen LogP contribution in [0.4, 0.5) is 4.79 Å². The van der Waals surface area contributed by atoms with Crippen LogP contribution in [0.1, 0.15) is 46.1 Å². The Labute approximate surface area is 128 Å². The molecule has 0 aliphatic carbocycles. The van der Waals surface area contributed by atoms with Crippen molar-refractivity contribution in [3.8, 4) is 0 Å². The molecule has 4 nitrogen and oxygen atoms in total. The minimum Gasteiger partial charge on any atom is -0.389 e. The van der Waals surface area contributed by atoms with Gasteiger partial charge in [0.05, 0.1) is 12.1 Å². The highest BCUT2D eigenvalue weighted by atomic mass is 16.3. The predicted molar refractivity (Wildman–Crippen MR) is 86.1 cm³/mol. The van der Waals surface area contributed by atoms with E-state index >= 15 is 0 Å². The highest BCUT2D eigenvalue weighted by Gasteiger charge is 2.23. The number of hydrogen-bond donors (Lipinski definition) is 2. The second kappa shape index (κ2) is 8.03. The number of nitrogens with zero attached hydrogens (tertiary/aromatic N) is 1. The maximum atomic E-state index is 12.5. The standard InChI is InChI=1S/C17H28N2O2/c1-5-15(6-2)18-16(20)19(13-17(3,4)21)12-14-10-8-7-9-11-14/h7-11,15,21H,5-6,12-13H2,1-4H3,(H,18,20). The molecule has 0 aliphatic heterocycles. The summed E-state index contributed by atoms with van der Waals surface area (Å²) in [5.41, 5.74) is 0.140. The molecule has 0 fully saturated rings. The van der Waals surface area contributed by atoms with Gasteiger partial charge in [-0.05, 0) is 32.3 Å². The molecule has 4 heteroatoms. The fourth-order valence-electron chi connectivity index (χ4n) is 2.23. The lowest BCUT2D eigenvalue weighted by Crippen LogP contribution is -2.49. The summed E-state index contributed by atoms with van der Waals surface area (Å²) >= 11 is 0. The Morgan fingerprint density at radius 2 is 1.81 bits per heavy atom. The Bertz CT molecular complexity index is 422. The molecule has 0 spiro atoms. The summed E-state index contributed by atoms with van der Waals surface area (Å²) in [6.45, 7) is 8.35. The maximum Gasteiger partial charge on any atom is 0.318 e. The maximum absolute atomic E-state index is 12.5. The quantitative estimate of drug-likeness (QED) is 0.811. The Morgan fingerprint density at radius 3 is 2.29 bits per heavy atom. The first-order valence-electron chi connectivity index (χ1n) is 7.67. The van der Waals surface area contributed by atoms with Gasteiger partial charge >= 0.3 is 6.03 Å². The number of nitrogens with one attached hydrogen (secondary N) is 1. The molecule has 0 saturated heterocycles. The largest absolute Gasteiger partial charge is 0.389 e. The van der Waals surface area contributed by atoms with Crippen molar-refractivity contribution in [1.29, 1.82) is 0 Å². The molecule has 0 radical (unpaired) electrons. The van der Waals surface area contributed by atoms with E-state index in [9.17, 15) is 9.90 Å². The molecule has 2 N–H and O–H groups in total. The molecule has 1 rings (SSSR count). The third kappa shape index (κ3) is 6.63. The van der Waals surface area contributed by atoms with E-state index < -0.39 is 5.60 Å². The average molecular weight is 292 g/mol. The molecule has 0 aromatic heterocycles. The minimum atomic E-state index is -0.917. The normalized spacial score (nSPS) is 11.5. The van der Waals surface area contributed by atoms with Crippen LogP contribution in [-0.4, -0.2) is 34.2 Å². The number of carbonyl (C=O) groups is 1. The number of amides is 2. The molecular weight excluding hydrogens is 264 g/mol. The zero-order valence-corrected chi connectivity index (χ0v) is 13.6. The Morgan fingerprint density at radius 1 is 1.24 bits per heavy atom. The fourth-order valence-corrected chi connectivity index (χ4v) is 2.23. The van der Waals surface area contributed by atoms with Gasteiger partial charge in [0.25, 0.3) is 0 Å². The molecular formula is C17H28N2O2. The molecule has 0 bridgehead atoms. The van der Waals surface area contributed by atoms with Gasteiger partial charge in [0.15, 0.2) is 0 Å². The molecule has 0 heterocycles. The molecule has 0 saturated carbocycles. The predicted octanol–water partition coefficient (Wildman–Crippen LogP) is 3.16. The van der Waals surface area contributed by atoms with Gasteiger partial charge in [-0.25, -0.2) is 4.79 Å². The van der Waals surface area contributed by atoms with Crippen molar-refractivity contribution in [3.05, 3.63) is 35.9 Å². The van der Waals surface area contributed by atoms with Crippen molar-refractivity contribution < 1.29 is 9.90 Å². The number of aliphatic hydroxyl groups is 1. The van der Waals surface area contributed by atoms with Gasteiger partial charge in [-0.1, -0.05) is 44.2 Å². The third-order valence-electron chi connectivity index (χ3n) is 3.39. The van der Waals surface area contributed by atoms with Crippen molar-refractivity contribution in [3.63, 3.8) is 0 Å². The summed E-state index contributed by atoms with van der Waals surface area (Å²) in [6.07, 6.45) is 1.81. The van der Waals surface area contributed by atoms with Gasteiger partial charge in [0, 0.05) is 12.6 Å². The number of urea groups is 1. The van der Waals surface area contributed by atoms with Crippen LogP contribution in [0, 0.1) is 0 Å². The van der Waals surface area contributed by atoms with Crippen LogP contribution in [0.25, 0.3) is 0 Å². The van der Waals surface area contributed by atoms with E-state index in [1.165, 1.54) is 0 Å². The van der Waals surface area contributed by atoms with Crippen LogP contribution in [0.2, 0.25) is 0 Å². The Kier molecular flexibility index (Phi) is 6.69. The van der Waals surface area contributed by atoms with Gasteiger partial charge < -0.3 is 15.3 Å². The van der Waals surface area contributed by atoms with E-state index in [0.717, 1.165) is 18.4 Å². The summed E-state index contributed by atoms with van der Waals surface area (Å²) in [6, 6.07) is 9.90. The Hall–Kier alpha value is -1.55. The van der Waals surface area contributed by atoms with Gasteiger partial charge in [-0.2, -0.15) is 0 Å². The van der Waals surface area contributed by atoms with E-state index in [4.69, 9.17) is 0 Å². The first kappa shape index (κ1) is 17.5. The van der Waals surface area contributed by atoms with Crippen LogP contribution in [0.3, 0.4) is 0 Å². The molecule has 118 valence electrons. The zero-order valence-electron chi connectivity index (χ0n) is 13.6. The third-order valence-corrected chi connectivity index (χ3v) is 3.39. The highest BCUT2D eigenvalue weighted by Crippen LogP contribution is 2.11. The monoisotopic (exact) mass is 292 g/mol. The van der Waals surface area contributed by atoms with E-state index in [1.54, 1.807) is 18.7 Å². The van der Waals surface area contributed by atoms with Crippen LogP contribution in [-0.2, 0) is 6.54 Å². The van der Waals surface area contributed by atoms with E-state index in [1.807, 2.05) is 30.3 Å². The summed E-state index contributed by atoms with van der Waals surface area (Å²) < 4.78 is 0. The highest BCUT2D eigenvalue weighted by molar-refractivity contribution is 5.74. The summed E-state index contributed by atoms with van der Waals surface area (Å²) in [4.78, 5) is 14.1. The first-order chi connectivity index (χ1) is 9.85. The number of rotatable bonds is 7. The van der Waals surface area contributed by atoms with Crippen molar-refractivity contribution in [2.45, 2.75) is 58.7 Å². The molecule has 1 aromatic carbocycles.